The van der Waals surface area contributed by atoms with Crippen molar-refractivity contribution in [1.29, 1.82) is 0 Å². The normalized spacial score (nSPS) is 10.9. The summed E-state index contributed by atoms with van der Waals surface area (Å²) >= 11 is 0. The van der Waals surface area contributed by atoms with Crippen LogP contribution in [0.25, 0.3) is 10.9 Å². The highest BCUT2D eigenvalue weighted by Gasteiger charge is 2.08. The first-order valence-electron chi connectivity index (χ1n) is 7.49. The highest BCUT2D eigenvalue weighted by Crippen LogP contribution is 2.23. The number of likely N-dealkylation sites (N-methyl/N-ethyl adjacent to an activating group) is 1. The van der Waals surface area contributed by atoms with Gasteiger partial charge in [0.2, 0.25) is 0 Å². The smallest absolute Gasteiger partial charge is 0.255 e. The SMILES string of the molecule is CNCCc1c[nH]c2ccc(NC(=O)c3ccc(F)cc3)cc12. The van der Waals surface area contributed by atoms with Crippen molar-refractivity contribution in [3.8, 4) is 0 Å². The van der Waals surface area contributed by atoms with E-state index in [0.717, 1.165) is 29.6 Å². The predicted molar refractivity (Wildman–Crippen MR) is 90.3 cm³/mol. The Morgan fingerprint density at radius 1 is 1.17 bits per heavy atom. The average molecular weight is 311 g/mol. The zero-order valence-corrected chi connectivity index (χ0v) is 12.8. The number of nitrogens with one attached hydrogen (secondary N) is 3. The molecule has 0 radical (unpaired) electrons. The van der Waals surface area contributed by atoms with Crippen molar-refractivity contribution >= 4 is 22.5 Å². The molecule has 3 aromatic rings. The number of aromatic nitrogens is 1. The first kappa shape index (κ1) is 15.2. The molecule has 3 N–H and O–H groups in total. The number of benzene rings is 2. The number of amides is 1. The lowest BCUT2D eigenvalue weighted by Crippen LogP contribution is -2.12. The van der Waals surface area contributed by atoms with Crippen LogP contribution in [-0.2, 0) is 6.42 Å². The molecule has 0 saturated carbocycles. The van der Waals surface area contributed by atoms with Gasteiger partial charge in [-0.1, -0.05) is 0 Å². The topological polar surface area (TPSA) is 56.9 Å². The second-order valence-electron chi connectivity index (χ2n) is 5.39. The van der Waals surface area contributed by atoms with Crippen molar-refractivity contribution in [2.24, 2.45) is 0 Å². The van der Waals surface area contributed by atoms with Crippen LogP contribution in [0.2, 0.25) is 0 Å². The van der Waals surface area contributed by atoms with E-state index in [2.05, 4.69) is 15.6 Å². The van der Waals surface area contributed by atoms with Gasteiger partial charge in [-0.25, -0.2) is 4.39 Å². The van der Waals surface area contributed by atoms with Gasteiger partial charge in [0, 0.05) is 28.4 Å². The third kappa shape index (κ3) is 3.40. The molecule has 4 nitrogen and oxygen atoms in total. The molecule has 0 bridgehead atoms. The van der Waals surface area contributed by atoms with Gasteiger partial charge in [-0.05, 0) is 68.0 Å². The lowest BCUT2D eigenvalue weighted by molar-refractivity contribution is 0.102. The van der Waals surface area contributed by atoms with Crippen LogP contribution >= 0.6 is 0 Å². The fourth-order valence-electron chi connectivity index (χ4n) is 2.53. The lowest BCUT2D eigenvalue weighted by atomic mass is 10.1. The molecule has 5 heteroatoms. The standard InChI is InChI=1S/C18H18FN3O/c1-20-9-8-13-11-21-17-7-6-15(10-16(13)17)22-18(23)12-2-4-14(19)5-3-12/h2-7,10-11,20-21H,8-9H2,1H3,(H,22,23). The van der Waals surface area contributed by atoms with Gasteiger partial charge in [-0.3, -0.25) is 4.79 Å². The number of carbonyl (C=O) groups is 1. The first-order chi connectivity index (χ1) is 11.2. The molecule has 1 aromatic heterocycles. The van der Waals surface area contributed by atoms with Crippen molar-refractivity contribution < 1.29 is 9.18 Å². The highest BCUT2D eigenvalue weighted by molar-refractivity contribution is 6.05. The summed E-state index contributed by atoms with van der Waals surface area (Å²) in [5, 5.41) is 7.08. The number of aromatic amines is 1. The summed E-state index contributed by atoms with van der Waals surface area (Å²) in [5.41, 5.74) is 3.39. The third-order valence-corrected chi connectivity index (χ3v) is 3.78. The summed E-state index contributed by atoms with van der Waals surface area (Å²) in [6, 6.07) is 11.2. The van der Waals surface area contributed by atoms with Crippen molar-refractivity contribution in [3.63, 3.8) is 0 Å². The Bertz CT molecular complexity index is 824. The molecule has 1 amide bonds. The summed E-state index contributed by atoms with van der Waals surface area (Å²) in [4.78, 5) is 15.4. The number of halogens is 1. The molecule has 0 unspecified atom stereocenters. The van der Waals surface area contributed by atoms with Gasteiger partial charge in [0.15, 0.2) is 0 Å². The van der Waals surface area contributed by atoms with Crippen LogP contribution in [0.1, 0.15) is 15.9 Å². The largest absolute Gasteiger partial charge is 0.361 e. The van der Waals surface area contributed by atoms with E-state index in [1.807, 2.05) is 31.4 Å². The van der Waals surface area contributed by atoms with E-state index in [4.69, 9.17) is 0 Å². The number of hydrogen-bond acceptors (Lipinski definition) is 2. The second kappa shape index (κ2) is 6.62. The Kier molecular flexibility index (Phi) is 4.39. The minimum atomic E-state index is -0.357. The Morgan fingerprint density at radius 2 is 1.96 bits per heavy atom. The Hall–Kier alpha value is -2.66. The fourth-order valence-corrected chi connectivity index (χ4v) is 2.53. The van der Waals surface area contributed by atoms with Crippen molar-refractivity contribution in [2.45, 2.75) is 6.42 Å². The molecular formula is C18H18FN3O. The van der Waals surface area contributed by atoms with Crippen LogP contribution < -0.4 is 10.6 Å². The van der Waals surface area contributed by atoms with Crippen LogP contribution in [-0.4, -0.2) is 24.5 Å². The highest BCUT2D eigenvalue weighted by atomic mass is 19.1. The van der Waals surface area contributed by atoms with Gasteiger partial charge in [-0.15, -0.1) is 0 Å². The number of anilines is 1. The number of H-pyrrole nitrogens is 1. The van der Waals surface area contributed by atoms with Crippen molar-refractivity contribution in [3.05, 3.63) is 65.6 Å². The maximum Gasteiger partial charge on any atom is 0.255 e. The molecule has 0 aliphatic heterocycles. The lowest BCUT2D eigenvalue weighted by Gasteiger charge is -2.06. The van der Waals surface area contributed by atoms with E-state index in [-0.39, 0.29) is 11.7 Å². The summed E-state index contributed by atoms with van der Waals surface area (Å²) in [6.07, 6.45) is 2.90. The minimum Gasteiger partial charge on any atom is -0.361 e. The van der Waals surface area contributed by atoms with Gasteiger partial charge < -0.3 is 15.6 Å². The predicted octanol–water partition coefficient (Wildman–Crippen LogP) is 3.32. The van der Waals surface area contributed by atoms with E-state index in [1.54, 1.807) is 0 Å². The van der Waals surface area contributed by atoms with Crippen molar-refractivity contribution in [2.75, 3.05) is 18.9 Å². The van der Waals surface area contributed by atoms with Crippen LogP contribution in [0.4, 0.5) is 10.1 Å². The third-order valence-electron chi connectivity index (χ3n) is 3.78. The molecule has 1 heterocycles. The monoisotopic (exact) mass is 311 g/mol. The molecule has 0 aliphatic carbocycles. The van der Waals surface area contributed by atoms with E-state index in [9.17, 15) is 9.18 Å². The summed E-state index contributed by atoms with van der Waals surface area (Å²) in [7, 11) is 1.92. The molecule has 118 valence electrons. The Labute approximate surface area is 133 Å². The Morgan fingerprint density at radius 3 is 2.70 bits per heavy atom. The molecule has 0 fully saturated rings. The molecule has 0 aliphatic rings. The van der Waals surface area contributed by atoms with E-state index in [0.29, 0.717) is 5.56 Å². The molecule has 0 spiro atoms. The van der Waals surface area contributed by atoms with Crippen LogP contribution in [0.15, 0.2) is 48.7 Å². The molecule has 0 atom stereocenters. The van der Waals surface area contributed by atoms with Crippen LogP contribution in [0.3, 0.4) is 0 Å². The molecule has 2 aromatic carbocycles. The Balaban J connectivity index is 1.82. The maximum atomic E-state index is 12.9. The van der Waals surface area contributed by atoms with Gasteiger partial charge in [0.1, 0.15) is 5.82 Å². The van der Waals surface area contributed by atoms with E-state index < -0.39 is 0 Å². The molecule has 0 saturated heterocycles. The van der Waals surface area contributed by atoms with Gasteiger partial charge in [-0.2, -0.15) is 0 Å². The minimum absolute atomic E-state index is 0.253. The van der Waals surface area contributed by atoms with E-state index in [1.165, 1.54) is 29.8 Å². The zero-order valence-electron chi connectivity index (χ0n) is 12.8. The fraction of sp³-hybridized carbons (Fsp3) is 0.167. The summed E-state index contributed by atoms with van der Waals surface area (Å²) in [6.45, 7) is 0.888. The number of hydrogen-bond donors (Lipinski definition) is 3. The summed E-state index contributed by atoms with van der Waals surface area (Å²) in [5.74, 6) is -0.610. The van der Waals surface area contributed by atoms with E-state index >= 15 is 0 Å². The average Bonchev–Trinajstić information content (AvgIpc) is 2.96. The molecular weight excluding hydrogens is 293 g/mol. The zero-order chi connectivity index (χ0) is 16.2. The van der Waals surface area contributed by atoms with Gasteiger partial charge >= 0.3 is 0 Å². The van der Waals surface area contributed by atoms with Crippen LogP contribution in [0, 0.1) is 5.82 Å². The number of rotatable bonds is 5. The first-order valence-corrected chi connectivity index (χ1v) is 7.49. The molecule has 23 heavy (non-hydrogen) atoms. The number of carbonyl (C=O) groups excluding carboxylic acids is 1. The second-order valence-corrected chi connectivity index (χ2v) is 5.39. The quantitative estimate of drug-likeness (QED) is 0.677. The number of fused-ring (bicyclic) bond motifs is 1. The molecule has 3 rings (SSSR count). The van der Waals surface area contributed by atoms with Crippen LogP contribution in [0.5, 0.6) is 0 Å². The van der Waals surface area contributed by atoms with Gasteiger partial charge in [0.05, 0.1) is 0 Å². The van der Waals surface area contributed by atoms with Gasteiger partial charge in [0.25, 0.3) is 5.91 Å². The maximum absolute atomic E-state index is 12.9. The summed E-state index contributed by atoms with van der Waals surface area (Å²) < 4.78 is 12.9. The van der Waals surface area contributed by atoms with Crippen molar-refractivity contribution in [1.82, 2.24) is 10.3 Å².